The van der Waals surface area contributed by atoms with Gasteiger partial charge in [-0.1, -0.05) is 0 Å². The summed E-state index contributed by atoms with van der Waals surface area (Å²) in [6.07, 6.45) is 1.86. The van der Waals surface area contributed by atoms with E-state index in [4.69, 9.17) is 0 Å². The Morgan fingerprint density at radius 1 is 1.46 bits per heavy atom. The van der Waals surface area contributed by atoms with Crippen LogP contribution in [-0.4, -0.2) is 29.0 Å². The van der Waals surface area contributed by atoms with Gasteiger partial charge in [0.15, 0.2) is 5.13 Å². The molecule has 0 atom stereocenters. The lowest BCUT2D eigenvalue weighted by Crippen LogP contribution is -2.39. The molecule has 1 aromatic heterocycles. The highest BCUT2D eigenvalue weighted by Crippen LogP contribution is 2.28. The van der Waals surface area contributed by atoms with Crippen LogP contribution in [0.1, 0.15) is 24.1 Å². The Labute approximate surface area is 143 Å². The summed E-state index contributed by atoms with van der Waals surface area (Å²) >= 11 is 1.61. The van der Waals surface area contributed by atoms with Crippen molar-refractivity contribution in [2.24, 2.45) is 0 Å². The summed E-state index contributed by atoms with van der Waals surface area (Å²) in [5.74, 6) is 0. The average molecular weight is 343 g/mol. The molecule has 1 aromatic carbocycles. The van der Waals surface area contributed by atoms with Crippen LogP contribution in [0, 0.1) is 28.4 Å². The lowest BCUT2D eigenvalue weighted by atomic mass is 10.0. The number of rotatable bonds is 4. The van der Waals surface area contributed by atoms with Crippen molar-refractivity contribution in [3.63, 3.8) is 0 Å². The van der Waals surface area contributed by atoms with Gasteiger partial charge in [-0.2, -0.15) is 5.26 Å². The molecule has 0 saturated carbocycles. The molecule has 0 unspecified atom stereocenters. The fourth-order valence-corrected chi connectivity index (χ4v) is 3.63. The van der Waals surface area contributed by atoms with Crippen LogP contribution in [0.3, 0.4) is 0 Å². The van der Waals surface area contributed by atoms with Gasteiger partial charge in [-0.3, -0.25) is 10.1 Å². The summed E-state index contributed by atoms with van der Waals surface area (Å²) in [4.78, 5) is 16.9. The van der Waals surface area contributed by atoms with E-state index in [1.165, 1.54) is 12.1 Å². The monoisotopic (exact) mass is 343 g/mol. The molecule has 0 radical (unpaired) electrons. The van der Waals surface area contributed by atoms with Crippen LogP contribution in [0.5, 0.6) is 0 Å². The minimum atomic E-state index is -0.475. The van der Waals surface area contributed by atoms with Crippen molar-refractivity contribution in [2.45, 2.75) is 25.8 Å². The smallest absolute Gasteiger partial charge is 0.270 e. The van der Waals surface area contributed by atoms with Crippen LogP contribution in [-0.2, 0) is 0 Å². The van der Waals surface area contributed by atoms with Crippen LogP contribution in [0.2, 0.25) is 0 Å². The molecule has 8 heteroatoms. The Bertz CT molecular complexity index is 790. The van der Waals surface area contributed by atoms with Gasteiger partial charge >= 0.3 is 0 Å². The second kappa shape index (κ2) is 6.84. The number of nitriles is 1. The number of nitro groups is 1. The molecule has 3 rings (SSSR count). The van der Waals surface area contributed by atoms with E-state index in [-0.39, 0.29) is 5.69 Å². The van der Waals surface area contributed by atoms with E-state index >= 15 is 0 Å². The number of anilines is 2. The van der Waals surface area contributed by atoms with E-state index in [9.17, 15) is 15.4 Å². The van der Waals surface area contributed by atoms with E-state index in [0.29, 0.717) is 11.6 Å². The number of nitrogens with one attached hydrogen (secondary N) is 1. The normalized spacial score (nSPS) is 15.1. The maximum Gasteiger partial charge on any atom is 0.270 e. The zero-order valence-electron chi connectivity index (χ0n) is 13.2. The maximum absolute atomic E-state index is 10.8. The molecule has 1 fully saturated rings. The first kappa shape index (κ1) is 16.2. The first-order chi connectivity index (χ1) is 11.6. The summed E-state index contributed by atoms with van der Waals surface area (Å²) in [6.45, 7) is 3.57. The highest BCUT2D eigenvalue weighted by molar-refractivity contribution is 7.13. The zero-order chi connectivity index (χ0) is 17.1. The zero-order valence-corrected chi connectivity index (χ0v) is 14.0. The summed E-state index contributed by atoms with van der Waals surface area (Å²) in [5.41, 5.74) is 2.09. The second-order valence-corrected chi connectivity index (χ2v) is 6.63. The number of nitro benzene ring substituents is 1. The molecule has 0 amide bonds. The molecule has 2 heterocycles. The van der Waals surface area contributed by atoms with E-state index in [1.807, 2.05) is 12.3 Å². The molecule has 124 valence electrons. The predicted octanol–water partition coefficient (Wildman–Crippen LogP) is 3.31. The van der Waals surface area contributed by atoms with Crippen molar-refractivity contribution in [2.75, 3.05) is 23.3 Å². The summed E-state index contributed by atoms with van der Waals surface area (Å²) < 4.78 is 0. The highest BCUT2D eigenvalue weighted by atomic mass is 32.1. The number of piperidine rings is 1. The van der Waals surface area contributed by atoms with E-state index in [0.717, 1.165) is 42.4 Å². The Kier molecular flexibility index (Phi) is 4.62. The number of aryl methyl sites for hydroxylation is 1. The summed E-state index contributed by atoms with van der Waals surface area (Å²) in [5, 5.41) is 26.5. The SMILES string of the molecule is Cc1csc(NC2CCN(c3ccc([N+](=O)[O-])cc3C#N)CC2)n1. The van der Waals surface area contributed by atoms with Gasteiger partial charge in [-0.05, 0) is 25.8 Å². The minimum absolute atomic E-state index is 0.0500. The standard InChI is InChI=1S/C16H17N5O2S/c1-11-10-24-16(18-11)19-13-4-6-20(7-5-13)15-3-2-14(21(22)23)8-12(15)9-17/h2-3,8,10,13H,4-7H2,1H3,(H,18,19). The molecule has 7 nitrogen and oxygen atoms in total. The second-order valence-electron chi connectivity index (χ2n) is 5.77. The molecule has 0 bridgehead atoms. The van der Waals surface area contributed by atoms with Gasteiger partial charge in [0.05, 0.1) is 21.9 Å². The molecular formula is C16H17N5O2S. The Balaban J connectivity index is 1.66. The molecule has 0 aliphatic carbocycles. The van der Waals surface area contributed by atoms with Crippen molar-refractivity contribution < 1.29 is 4.92 Å². The largest absolute Gasteiger partial charge is 0.370 e. The van der Waals surface area contributed by atoms with Gasteiger partial charge in [0.25, 0.3) is 5.69 Å². The van der Waals surface area contributed by atoms with Crippen molar-refractivity contribution in [1.82, 2.24) is 4.98 Å². The number of thiazole rings is 1. The predicted molar refractivity (Wildman–Crippen MR) is 93.5 cm³/mol. The first-order valence-corrected chi connectivity index (χ1v) is 8.57. The molecule has 2 aromatic rings. The number of non-ortho nitro benzene ring substituents is 1. The van der Waals surface area contributed by atoms with E-state index in [1.54, 1.807) is 17.4 Å². The number of aromatic nitrogens is 1. The molecule has 24 heavy (non-hydrogen) atoms. The fourth-order valence-electron chi connectivity index (χ4n) is 2.86. The van der Waals surface area contributed by atoms with Gasteiger partial charge < -0.3 is 10.2 Å². The molecule has 1 aliphatic heterocycles. The van der Waals surface area contributed by atoms with Crippen LogP contribution >= 0.6 is 11.3 Å². The molecule has 1 aliphatic rings. The van der Waals surface area contributed by atoms with Crippen LogP contribution < -0.4 is 10.2 Å². The fraction of sp³-hybridized carbons (Fsp3) is 0.375. The van der Waals surface area contributed by atoms with E-state index in [2.05, 4.69) is 21.3 Å². The van der Waals surface area contributed by atoms with Crippen LogP contribution in [0.25, 0.3) is 0 Å². The Morgan fingerprint density at radius 3 is 2.79 bits per heavy atom. The molecule has 0 spiro atoms. The lowest BCUT2D eigenvalue weighted by Gasteiger charge is -2.34. The quantitative estimate of drug-likeness (QED) is 0.676. The third-order valence-electron chi connectivity index (χ3n) is 4.09. The third kappa shape index (κ3) is 3.46. The van der Waals surface area contributed by atoms with Crippen LogP contribution in [0.15, 0.2) is 23.6 Å². The molecular weight excluding hydrogens is 326 g/mol. The van der Waals surface area contributed by atoms with Crippen molar-refractivity contribution in [1.29, 1.82) is 5.26 Å². The van der Waals surface area contributed by atoms with Crippen molar-refractivity contribution in [3.8, 4) is 6.07 Å². The maximum atomic E-state index is 10.8. The van der Waals surface area contributed by atoms with Crippen LogP contribution in [0.4, 0.5) is 16.5 Å². The highest BCUT2D eigenvalue weighted by Gasteiger charge is 2.22. The minimum Gasteiger partial charge on any atom is -0.370 e. The molecule has 1 saturated heterocycles. The number of hydrogen-bond acceptors (Lipinski definition) is 7. The topological polar surface area (TPSA) is 95.1 Å². The number of nitrogens with zero attached hydrogens (tertiary/aromatic N) is 4. The van der Waals surface area contributed by atoms with E-state index < -0.39 is 4.92 Å². The summed E-state index contributed by atoms with van der Waals surface area (Å²) in [7, 11) is 0. The Hall–Kier alpha value is -2.66. The van der Waals surface area contributed by atoms with Crippen molar-refractivity contribution >= 4 is 27.8 Å². The molecule has 1 N–H and O–H groups in total. The Morgan fingerprint density at radius 2 is 2.21 bits per heavy atom. The lowest BCUT2D eigenvalue weighted by molar-refractivity contribution is -0.384. The van der Waals surface area contributed by atoms with Gasteiger partial charge in [0.1, 0.15) is 6.07 Å². The average Bonchev–Trinajstić information content (AvgIpc) is 3.00. The first-order valence-electron chi connectivity index (χ1n) is 7.69. The van der Waals surface area contributed by atoms with Gasteiger partial charge in [-0.25, -0.2) is 4.98 Å². The third-order valence-corrected chi connectivity index (χ3v) is 4.99. The van der Waals surface area contributed by atoms with Crippen molar-refractivity contribution in [3.05, 3.63) is 45.0 Å². The van der Waals surface area contributed by atoms with Gasteiger partial charge in [0.2, 0.25) is 0 Å². The van der Waals surface area contributed by atoms with Gasteiger partial charge in [-0.15, -0.1) is 11.3 Å². The summed E-state index contributed by atoms with van der Waals surface area (Å²) in [6, 6.07) is 6.91. The number of benzene rings is 1. The number of hydrogen-bond donors (Lipinski definition) is 1. The van der Waals surface area contributed by atoms with Gasteiger partial charge in [0, 0.05) is 36.6 Å².